The zero-order valence-electron chi connectivity index (χ0n) is 11.4. The number of carboxylic acids is 1. The number of halogens is 1. The number of nitrogens with zero attached hydrogens (tertiary/aromatic N) is 1. The van der Waals surface area contributed by atoms with E-state index in [1.807, 2.05) is 0 Å². The second-order valence-electron chi connectivity index (χ2n) is 4.54. The molecule has 0 amide bonds. The Morgan fingerprint density at radius 2 is 1.86 bits per heavy atom. The van der Waals surface area contributed by atoms with E-state index in [2.05, 4.69) is 0 Å². The number of rotatable bonds is 3. The Balaban J connectivity index is 2.90. The van der Waals surface area contributed by atoms with E-state index in [1.165, 1.54) is 17.6 Å². The molecule has 0 aliphatic heterocycles. The Hall–Kier alpha value is -2.40. The lowest BCUT2D eigenvalue weighted by atomic mass is 10.1. The lowest BCUT2D eigenvalue weighted by Gasteiger charge is -2.14. The maximum Gasteiger partial charge on any atom is 0.341 e. The molecule has 6 heteroatoms. The van der Waals surface area contributed by atoms with Crippen molar-refractivity contribution in [1.29, 1.82) is 0 Å². The van der Waals surface area contributed by atoms with Crippen LogP contribution in [0.4, 0.5) is 0 Å². The van der Waals surface area contributed by atoms with Crippen LogP contribution in [-0.4, -0.2) is 21.4 Å². The van der Waals surface area contributed by atoms with Crippen molar-refractivity contribution in [2.75, 3.05) is 0 Å². The Morgan fingerprint density at radius 1 is 1.19 bits per heavy atom. The number of pyridine rings is 1. The molecule has 0 fully saturated rings. The third kappa shape index (κ3) is 2.73. The van der Waals surface area contributed by atoms with E-state index >= 15 is 0 Å². The van der Waals surface area contributed by atoms with Gasteiger partial charge in [-0.15, -0.1) is 0 Å². The van der Waals surface area contributed by atoms with Gasteiger partial charge in [0.1, 0.15) is 5.56 Å². The summed E-state index contributed by atoms with van der Waals surface area (Å²) in [6.07, 6.45) is 0. The first-order chi connectivity index (χ1) is 9.82. The van der Waals surface area contributed by atoms with Gasteiger partial charge in [-0.25, -0.2) is 4.79 Å². The zero-order valence-corrected chi connectivity index (χ0v) is 12.1. The van der Waals surface area contributed by atoms with Gasteiger partial charge >= 0.3 is 5.97 Å². The summed E-state index contributed by atoms with van der Waals surface area (Å²) in [5.41, 5.74) is -0.180. The lowest BCUT2D eigenvalue weighted by molar-refractivity contribution is 0.0694. The molecule has 1 aromatic carbocycles. The van der Waals surface area contributed by atoms with E-state index in [4.69, 9.17) is 16.7 Å². The van der Waals surface area contributed by atoms with Gasteiger partial charge in [-0.2, -0.15) is 0 Å². The normalized spacial score (nSPS) is 10.4. The fourth-order valence-corrected chi connectivity index (χ4v) is 2.32. The van der Waals surface area contributed by atoms with Crippen molar-refractivity contribution in [3.8, 4) is 5.69 Å². The summed E-state index contributed by atoms with van der Waals surface area (Å²) >= 11 is 5.91. The van der Waals surface area contributed by atoms with Crippen molar-refractivity contribution >= 4 is 23.4 Å². The number of Topliss-reactive ketones (excluding diaryl/α,β-unsaturated/α-hetero) is 1. The number of benzene rings is 1. The first-order valence-electron chi connectivity index (χ1n) is 6.09. The fraction of sp³-hybridized carbons (Fsp3) is 0.133. The summed E-state index contributed by atoms with van der Waals surface area (Å²) in [5.74, 6) is -1.69. The summed E-state index contributed by atoms with van der Waals surface area (Å²) in [6, 6.07) is 7.55. The SMILES string of the molecule is CC(=O)c1cc(C(=O)O)c(=O)n(-c2cccc(Cl)c2)c1C. The summed E-state index contributed by atoms with van der Waals surface area (Å²) in [7, 11) is 0. The van der Waals surface area contributed by atoms with Crippen LogP contribution in [0.2, 0.25) is 5.02 Å². The number of hydrogen-bond donors (Lipinski definition) is 1. The Bertz CT molecular complexity index is 808. The van der Waals surface area contributed by atoms with Crippen LogP contribution in [0.1, 0.15) is 33.3 Å². The molecule has 1 heterocycles. The highest BCUT2D eigenvalue weighted by Crippen LogP contribution is 2.18. The molecule has 0 spiro atoms. The zero-order chi connectivity index (χ0) is 15.7. The molecule has 21 heavy (non-hydrogen) atoms. The average molecular weight is 306 g/mol. The summed E-state index contributed by atoms with van der Waals surface area (Å²) < 4.78 is 1.19. The van der Waals surface area contributed by atoms with Crippen molar-refractivity contribution < 1.29 is 14.7 Å². The molecule has 1 aromatic heterocycles. The van der Waals surface area contributed by atoms with E-state index < -0.39 is 17.1 Å². The van der Waals surface area contributed by atoms with Crippen LogP contribution in [0, 0.1) is 6.92 Å². The van der Waals surface area contributed by atoms with Gasteiger partial charge in [0.25, 0.3) is 5.56 Å². The van der Waals surface area contributed by atoms with E-state index in [0.29, 0.717) is 16.4 Å². The smallest absolute Gasteiger partial charge is 0.341 e. The molecule has 5 nitrogen and oxygen atoms in total. The van der Waals surface area contributed by atoms with E-state index in [9.17, 15) is 14.4 Å². The first kappa shape index (κ1) is 15.0. The Kier molecular flexibility index (Phi) is 3.95. The summed E-state index contributed by atoms with van der Waals surface area (Å²) in [4.78, 5) is 35.2. The minimum Gasteiger partial charge on any atom is -0.477 e. The highest BCUT2D eigenvalue weighted by molar-refractivity contribution is 6.30. The number of aromatic carboxylic acids is 1. The van der Waals surface area contributed by atoms with Gasteiger partial charge in [0.15, 0.2) is 5.78 Å². The highest BCUT2D eigenvalue weighted by Gasteiger charge is 2.19. The van der Waals surface area contributed by atoms with Crippen molar-refractivity contribution in [2.24, 2.45) is 0 Å². The predicted molar refractivity (Wildman–Crippen MR) is 78.7 cm³/mol. The second kappa shape index (κ2) is 5.54. The topological polar surface area (TPSA) is 76.4 Å². The third-order valence-corrected chi connectivity index (χ3v) is 3.36. The van der Waals surface area contributed by atoms with E-state index in [0.717, 1.165) is 6.07 Å². The number of hydrogen-bond acceptors (Lipinski definition) is 3. The molecule has 0 unspecified atom stereocenters. The van der Waals surface area contributed by atoms with Crippen molar-refractivity contribution in [3.05, 3.63) is 62.5 Å². The molecule has 0 radical (unpaired) electrons. The molecule has 0 aliphatic rings. The van der Waals surface area contributed by atoms with Gasteiger partial charge in [0.05, 0.1) is 5.69 Å². The quantitative estimate of drug-likeness (QED) is 0.885. The third-order valence-electron chi connectivity index (χ3n) is 3.12. The Labute approximate surface area is 125 Å². The van der Waals surface area contributed by atoms with Crippen LogP contribution in [0.15, 0.2) is 35.1 Å². The molecule has 0 saturated carbocycles. The molecular formula is C15H12ClNO4. The number of carbonyl (C=O) groups is 2. The second-order valence-corrected chi connectivity index (χ2v) is 4.98. The van der Waals surface area contributed by atoms with Crippen molar-refractivity contribution in [1.82, 2.24) is 4.57 Å². The van der Waals surface area contributed by atoms with Crippen LogP contribution >= 0.6 is 11.6 Å². The van der Waals surface area contributed by atoms with E-state index in [-0.39, 0.29) is 11.3 Å². The predicted octanol–water partition coefficient (Wildman–Crippen LogP) is 2.70. The maximum absolute atomic E-state index is 12.3. The van der Waals surface area contributed by atoms with Crippen molar-refractivity contribution in [3.63, 3.8) is 0 Å². The van der Waals surface area contributed by atoms with Gasteiger partial charge in [-0.1, -0.05) is 17.7 Å². The van der Waals surface area contributed by atoms with Crippen LogP contribution in [0.3, 0.4) is 0 Å². The molecule has 108 valence electrons. The van der Waals surface area contributed by atoms with E-state index in [1.54, 1.807) is 25.1 Å². The monoisotopic (exact) mass is 305 g/mol. The average Bonchev–Trinajstić information content (AvgIpc) is 2.38. The number of carbonyl (C=O) groups excluding carboxylic acids is 1. The molecule has 2 rings (SSSR count). The molecule has 0 aliphatic carbocycles. The van der Waals surface area contributed by atoms with Gasteiger partial charge in [0.2, 0.25) is 0 Å². The van der Waals surface area contributed by atoms with Crippen LogP contribution < -0.4 is 5.56 Å². The van der Waals surface area contributed by atoms with Gasteiger partial charge in [-0.3, -0.25) is 14.2 Å². The molecule has 0 atom stereocenters. The van der Waals surface area contributed by atoms with Gasteiger partial charge in [0, 0.05) is 16.3 Å². The minimum absolute atomic E-state index is 0.187. The fourth-order valence-electron chi connectivity index (χ4n) is 2.14. The lowest BCUT2D eigenvalue weighted by Crippen LogP contribution is -2.28. The van der Waals surface area contributed by atoms with Crippen LogP contribution in [0.5, 0.6) is 0 Å². The molecular weight excluding hydrogens is 294 g/mol. The van der Waals surface area contributed by atoms with Gasteiger partial charge < -0.3 is 5.11 Å². The van der Waals surface area contributed by atoms with Crippen LogP contribution in [0.25, 0.3) is 5.69 Å². The number of carboxylic acid groups (broad SMARTS) is 1. The molecule has 2 aromatic rings. The maximum atomic E-state index is 12.3. The van der Waals surface area contributed by atoms with Crippen LogP contribution in [-0.2, 0) is 0 Å². The molecule has 0 saturated heterocycles. The molecule has 0 bridgehead atoms. The number of aromatic nitrogens is 1. The minimum atomic E-state index is -1.38. The summed E-state index contributed by atoms with van der Waals surface area (Å²) in [5, 5.41) is 9.54. The number of ketones is 1. The largest absolute Gasteiger partial charge is 0.477 e. The standard InChI is InChI=1S/C15H12ClNO4/c1-8-12(9(2)18)7-13(15(20)21)14(19)17(8)11-5-3-4-10(16)6-11/h3-7H,1-2H3,(H,20,21). The highest BCUT2D eigenvalue weighted by atomic mass is 35.5. The van der Waals surface area contributed by atoms with Crippen molar-refractivity contribution in [2.45, 2.75) is 13.8 Å². The summed E-state index contributed by atoms with van der Waals surface area (Å²) in [6.45, 7) is 2.91. The van der Waals surface area contributed by atoms with Gasteiger partial charge in [-0.05, 0) is 38.1 Å². The Morgan fingerprint density at radius 3 is 2.38 bits per heavy atom. The molecule has 1 N–H and O–H groups in total. The first-order valence-corrected chi connectivity index (χ1v) is 6.47.